The number of aromatic nitrogens is 4. The minimum Gasteiger partial charge on any atom is -0.391 e. The first-order valence-corrected chi connectivity index (χ1v) is 9.18. The molecule has 1 fully saturated rings. The van der Waals surface area contributed by atoms with E-state index in [4.69, 9.17) is 0 Å². The molecular formula is C19H23N5O2. The van der Waals surface area contributed by atoms with E-state index in [1.807, 2.05) is 30.3 Å². The highest BCUT2D eigenvalue weighted by Crippen LogP contribution is 2.26. The topological polar surface area (TPSA) is 95.8 Å². The number of para-hydroxylation sites is 1. The van der Waals surface area contributed by atoms with Crippen LogP contribution in [0.5, 0.6) is 0 Å². The largest absolute Gasteiger partial charge is 0.391 e. The van der Waals surface area contributed by atoms with Crippen LogP contribution in [0.3, 0.4) is 0 Å². The number of nitrogens with zero attached hydrogens (tertiary/aromatic N) is 3. The van der Waals surface area contributed by atoms with Gasteiger partial charge in [0.25, 0.3) is 5.56 Å². The molecule has 1 aliphatic rings. The van der Waals surface area contributed by atoms with Gasteiger partial charge in [-0.2, -0.15) is 10.1 Å². The Labute approximate surface area is 151 Å². The van der Waals surface area contributed by atoms with E-state index in [0.29, 0.717) is 29.4 Å². The highest BCUT2D eigenvalue weighted by Gasteiger charge is 2.21. The Morgan fingerprint density at radius 2 is 2.00 bits per heavy atom. The van der Waals surface area contributed by atoms with Crippen molar-refractivity contribution in [2.75, 3.05) is 11.9 Å². The molecule has 0 amide bonds. The summed E-state index contributed by atoms with van der Waals surface area (Å²) in [6.45, 7) is 0.374. The average molecular weight is 353 g/mol. The highest BCUT2D eigenvalue weighted by molar-refractivity contribution is 5.76. The van der Waals surface area contributed by atoms with Crippen molar-refractivity contribution in [3.63, 3.8) is 0 Å². The maximum atomic E-state index is 12.3. The number of hydrogen-bond acceptors (Lipinski definition) is 5. The number of rotatable bonds is 5. The molecule has 26 heavy (non-hydrogen) atoms. The lowest BCUT2D eigenvalue weighted by atomic mass is 9.85. The summed E-state index contributed by atoms with van der Waals surface area (Å²) in [5.74, 6) is 0.677. The summed E-state index contributed by atoms with van der Waals surface area (Å²) in [6.07, 6.45) is 6.83. The summed E-state index contributed by atoms with van der Waals surface area (Å²) >= 11 is 0. The molecule has 136 valence electrons. The molecule has 1 aromatic carbocycles. The molecule has 2 heterocycles. The van der Waals surface area contributed by atoms with Gasteiger partial charge >= 0.3 is 0 Å². The van der Waals surface area contributed by atoms with Crippen LogP contribution in [0, 0.1) is 5.92 Å². The SMILES string of the molecule is O=c1[nH]c(NC[C@@H](O)C2CCCCC2)nc2c1cnn2-c1ccccc1. The lowest BCUT2D eigenvalue weighted by Crippen LogP contribution is -2.30. The van der Waals surface area contributed by atoms with Crippen LogP contribution in [0.2, 0.25) is 0 Å². The van der Waals surface area contributed by atoms with Gasteiger partial charge in [-0.15, -0.1) is 0 Å². The van der Waals surface area contributed by atoms with Crippen molar-refractivity contribution in [2.24, 2.45) is 5.92 Å². The van der Waals surface area contributed by atoms with Gasteiger partial charge < -0.3 is 10.4 Å². The second kappa shape index (κ2) is 7.29. The van der Waals surface area contributed by atoms with Crippen molar-refractivity contribution in [1.82, 2.24) is 19.7 Å². The zero-order valence-electron chi connectivity index (χ0n) is 14.6. The zero-order chi connectivity index (χ0) is 17.9. The maximum Gasteiger partial charge on any atom is 0.263 e. The summed E-state index contributed by atoms with van der Waals surface area (Å²) in [5, 5.41) is 18.2. The minimum atomic E-state index is -0.435. The van der Waals surface area contributed by atoms with E-state index in [0.717, 1.165) is 18.5 Å². The first-order valence-electron chi connectivity index (χ1n) is 9.18. The molecule has 1 aliphatic carbocycles. The number of aliphatic hydroxyl groups is 1. The van der Waals surface area contributed by atoms with Gasteiger partial charge in [-0.25, -0.2) is 4.68 Å². The molecule has 2 aromatic heterocycles. The summed E-state index contributed by atoms with van der Waals surface area (Å²) in [7, 11) is 0. The van der Waals surface area contributed by atoms with Crippen molar-refractivity contribution in [3.05, 3.63) is 46.9 Å². The van der Waals surface area contributed by atoms with Gasteiger partial charge in [0.1, 0.15) is 5.39 Å². The van der Waals surface area contributed by atoms with Crippen molar-refractivity contribution in [1.29, 1.82) is 0 Å². The Bertz CT molecular complexity index is 928. The van der Waals surface area contributed by atoms with E-state index in [2.05, 4.69) is 20.4 Å². The third kappa shape index (κ3) is 3.35. The fourth-order valence-corrected chi connectivity index (χ4v) is 3.65. The Morgan fingerprint density at radius 3 is 2.77 bits per heavy atom. The number of H-pyrrole nitrogens is 1. The summed E-state index contributed by atoms with van der Waals surface area (Å²) < 4.78 is 1.65. The summed E-state index contributed by atoms with van der Waals surface area (Å²) in [5.41, 5.74) is 1.09. The molecule has 0 aliphatic heterocycles. The molecule has 0 radical (unpaired) electrons. The molecule has 4 rings (SSSR count). The van der Waals surface area contributed by atoms with E-state index in [1.165, 1.54) is 25.5 Å². The van der Waals surface area contributed by atoms with Gasteiger partial charge in [-0.3, -0.25) is 9.78 Å². The van der Waals surface area contributed by atoms with Crippen LogP contribution < -0.4 is 10.9 Å². The Kier molecular flexibility index (Phi) is 4.71. The fraction of sp³-hybridized carbons (Fsp3) is 0.421. The molecular weight excluding hydrogens is 330 g/mol. The second-order valence-corrected chi connectivity index (χ2v) is 6.89. The van der Waals surface area contributed by atoms with E-state index >= 15 is 0 Å². The third-order valence-electron chi connectivity index (χ3n) is 5.11. The zero-order valence-corrected chi connectivity index (χ0v) is 14.6. The van der Waals surface area contributed by atoms with Gasteiger partial charge in [0.2, 0.25) is 5.95 Å². The predicted octanol–water partition coefficient (Wildman–Crippen LogP) is 2.46. The van der Waals surface area contributed by atoms with Crippen molar-refractivity contribution in [2.45, 2.75) is 38.2 Å². The van der Waals surface area contributed by atoms with E-state index < -0.39 is 6.10 Å². The number of hydrogen-bond donors (Lipinski definition) is 3. The molecule has 3 aromatic rings. The summed E-state index contributed by atoms with van der Waals surface area (Å²) in [6, 6.07) is 9.57. The van der Waals surface area contributed by atoms with Gasteiger partial charge in [0.05, 0.1) is 18.0 Å². The van der Waals surface area contributed by atoms with E-state index in [1.54, 1.807) is 4.68 Å². The van der Waals surface area contributed by atoms with Crippen LogP contribution in [0.25, 0.3) is 16.7 Å². The smallest absolute Gasteiger partial charge is 0.263 e. The Balaban J connectivity index is 1.57. The molecule has 7 heteroatoms. The van der Waals surface area contributed by atoms with Crippen LogP contribution in [-0.2, 0) is 0 Å². The van der Waals surface area contributed by atoms with Crippen LogP contribution in [0.15, 0.2) is 41.3 Å². The molecule has 0 bridgehead atoms. The Hall–Kier alpha value is -2.67. The van der Waals surface area contributed by atoms with Gasteiger partial charge in [-0.1, -0.05) is 37.5 Å². The standard InChI is InChI=1S/C19H23N5O2/c25-16(13-7-3-1-4-8-13)12-20-19-22-17-15(18(26)23-19)11-21-24(17)14-9-5-2-6-10-14/h2,5-6,9-11,13,16,25H,1,3-4,7-8,12H2,(H2,20,22,23,26)/t16-/m1/s1. The van der Waals surface area contributed by atoms with Gasteiger partial charge in [0.15, 0.2) is 5.65 Å². The van der Waals surface area contributed by atoms with Gasteiger partial charge in [0, 0.05) is 6.54 Å². The summed E-state index contributed by atoms with van der Waals surface area (Å²) in [4.78, 5) is 19.6. The maximum absolute atomic E-state index is 12.3. The first-order chi connectivity index (χ1) is 12.7. The number of aliphatic hydroxyl groups excluding tert-OH is 1. The third-order valence-corrected chi connectivity index (χ3v) is 5.11. The number of anilines is 1. The molecule has 0 saturated heterocycles. The van der Waals surface area contributed by atoms with Gasteiger partial charge in [-0.05, 0) is 30.9 Å². The van der Waals surface area contributed by atoms with Crippen molar-refractivity contribution < 1.29 is 5.11 Å². The number of nitrogens with one attached hydrogen (secondary N) is 2. The lowest BCUT2D eigenvalue weighted by molar-refractivity contribution is 0.0955. The van der Waals surface area contributed by atoms with E-state index in [-0.39, 0.29) is 5.56 Å². The lowest BCUT2D eigenvalue weighted by Gasteiger charge is -2.26. The normalized spacial score (nSPS) is 16.7. The second-order valence-electron chi connectivity index (χ2n) is 6.89. The molecule has 1 atom stereocenters. The predicted molar refractivity (Wildman–Crippen MR) is 101 cm³/mol. The average Bonchev–Trinajstić information content (AvgIpc) is 3.12. The highest BCUT2D eigenvalue weighted by atomic mass is 16.3. The first kappa shape index (κ1) is 16.8. The Morgan fingerprint density at radius 1 is 1.23 bits per heavy atom. The molecule has 7 nitrogen and oxygen atoms in total. The number of benzene rings is 1. The molecule has 1 saturated carbocycles. The van der Waals surface area contributed by atoms with Crippen LogP contribution in [0.1, 0.15) is 32.1 Å². The monoisotopic (exact) mass is 353 g/mol. The minimum absolute atomic E-state index is 0.244. The number of aromatic amines is 1. The fourth-order valence-electron chi connectivity index (χ4n) is 3.65. The van der Waals surface area contributed by atoms with Crippen molar-refractivity contribution >= 4 is 17.0 Å². The molecule has 0 spiro atoms. The van der Waals surface area contributed by atoms with Crippen LogP contribution >= 0.6 is 0 Å². The molecule has 0 unspecified atom stereocenters. The van der Waals surface area contributed by atoms with Crippen molar-refractivity contribution in [3.8, 4) is 5.69 Å². The quantitative estimate of drug-likeness (QED) is 0.655. The number of fused-ring (bicyclic) bond motifs is 1. The van der Waals surface area contributed by atoms with Crippen LogP contribution in [0.4, 0.5) is 5.95 Å². The van der Waals surface area contributed by atoms with Crippen LogP contribution in [-0.4, -0.2) is 37.5 Å². The molecule has 3 N–H and O–H groups in total. The van der Waals surface area contributed by atoms with E-state index in [9.17, 15) is 9.90 Å².